The maximum atomic E-state index is 7.80. The number of nitrogens with one attached hydrogen (secondary N) is 2. The number of allylic oxidation sites excluding steroid dienone is 1. The summed E-state index contributed by atoms with van der Waals surface area (Å²) in [6.45, 7) is 4.25. The van der Waals surface area contributed by atoms with E-state index in [-0.39, 0.29) is 0 Å². The van der Waals surface area contributed by atoms with Gasteiger partial charge in [0.15, 0.2) is 0 Å². The number of rotatable bonds is 2. The van der Waals surface area contributed by atoms with Crippen LogP contribution in [-0.2, 0) is 0 Å². The van der Waals surface area contributed by atoms with Crippen LogP contribution >= 0.6 is 0 Å². The lowest BCUT2D eigenvalue weighted by atomic mass is 9.96. The second-order valence-electron chi connectivity index (χ2n) is 3.47. The molecular weight excluding hydrogens is 176 g/mol. The highest BCUT2D eigenvalue weighted by Gasteiger charge is 2.22. The molecule has 0 saturated carbocycles. The van der Waals surface area contributed by atoms with Gasteiger partial charge in [-0.15, -0.1) is 0 Å². The lowest BCUT2D eigenvalue weighted by Crippen LogP contribution is -2.33. The molecule has 4 N–H and O–H groups in total. The number of aliphatic imine (C=N–C) groups is 1. The molecule has 1 rings (SSSR count). The normalized spacial score (nSPS) is 22.4. The molecule has 1 aliphatic heterocycles. The van der Waals surface area contributed by atoms with E-state index in [2.05, 4.69) is 4.99 Å². The molecule has 0 spiro atoms. The van der Waals surface area contributed by atoms with Crippen molar-refractivity contribution < 1.29 is 0 Å². The van der Waals surface area contributed by atoms with Crippen molar-refractivity contribution >= 4 is 17.3 Å². The predicted molar refractivity (Wildman–Crippen MR) is 59.5 cm³/mol. The van der Waals surface area contributed by atoms with Crippen LogP contribution < -0.4 is 5.73 Å². The largest absolute Gasteiger partial charge is 0.387 e. The predicted octanol–water partition coefficient (Wildman–Crippen LogP) is 1.37. The molecule has 1 aliphatic rings. The van der Waals surface area contributed by atoms with Gasteiger partial charge in [-0.2, -0.15) is 0 Å². The Morgan fingerprint density at radius 2 is 2.36 bits per heavy atom. The summed E-state index contributed by atoms with van der Waals surface area (Å²) in [7, 11) is 0. The zero-order chi connectivity index (χ0) is 10.7. The first kappa shape index (κ1) is 10.6. The molecule has 0 radical (unpaired) electrons. The van der Waals surface area contributed by atoms with Gasteiger partial charge >= 0.3 is 0 Å². The minimum atomic E-state index is -0.418. The summed E-state index contributed by atoms with van der Waals surface area (Å²) in [5.41, 5.74) is 7.58. The maximum absolute atomic E-state index is 7.80. The Balaban J connectivity index is 3.03. The molecule has 1 atom stereocenters. The van der Waals surface area contributed by atoms with Crippen molar-refractivity contribution in [3.8, 4) is 0 Å². The molecule has 0 aromatic carbocycles. The van der Waals surface area contributed by atoms with Crippen LogP contribution in [0, 0.1) is 16.7 Å². The fraction of sp³-hybridized carbons (Fsp3) is 0.500. The summed E-state index contributed by atoms with van der Waals surface area (Å²) in [6, 6.07) is 0. The van der Waals surface area contributed by atoms with Gasteiger partial charge in [-0.25, -0.2) is 0 Å². The van der Waals surface area contributed by atoms with Crippen molar-refractivity contribution in [3.63, 3.8) is 0 Å². The third-order valence-electron chi connectivity index (χ3n) is 2.32. The summed E-state index contributed by atoms with van der Waals surface area (Å²) in [6.07, 6.45) is 2.68. The molecule has 0 aliphatic carbocycles. The second kappa shape index (κ2) is 4.17. The number of nitrogens with zero attached hydrogens (tertiary/aromatic N) is 1. The Hall–Kier alpha value is -1.45. The Morgan fingerprint density at radius 3 is 2.86 bits per heavy atom. The van der Waals surface area contributed by atoms with E-state index >= 15 is 0 Å². The molecular formula is C10H16N4. The van der Waals surface area contributed by atoms with Gasteiger partial charge in [-0.1, -0.05) is 6.92 Å². The van der Waals surface area contributed by atoms with Gasteiger partial charge < -0.3 is 16.6 Å². The Morgan fingerprint density at radius 1 is 1.71 bits per heavy atom. The van der Waals surface area contributed by atoms with E-state index in [1.165, 1.54) is 0 Å². The zero-order valence-electron chi connectivity index (χ0n) is 8.59. The zero-order valence-corrected chi connectivity index (χ0v) is 8.59. The molecule has 1 heterocycles. The summed E-state index contributed by atoms with van der Waals surface area (Å²) in [5, 5.41) is 15.3. The van der Waals surface area contributed by atoms with Crippen LogP contribution in [0.4, 0.5) is 0 Å². The molecule has 0 bridgehead atoms. The van der Waals surface area contributed by atoms with E-state index in [4.69, 9.17) is 16.6 Å². The molecule has 0 amide bonds. The lowest BCUT2D eigenvalue weighted by Gasteiger charge is -2.12. The smallest absolute Gasteiger partial charge is 0.109 e. The molecule has 0 aromatic rings. The standard InChI is InChI=1S/C10H16N4/c1-3-7-4-8(12)9(6(2)11)10(13)14-5-7/h4,9,11-12H,3,5H2,1-2H3,(H2,13,14). The van der Waals surface area contributed by atoms with E-state index < -0.39 is 5.92 Å². The first-order valence-electron chi connectivity index (χ1n) is 4.69. The fourth-order valence-corrected chi connectivity index (χ4v) is 1.46. The molecule has 0 fully saturated rings. The van der Waals surface area contributed by atoms with Crippen LogP contribution in [0.3, 0.4) is 0 Å². The van der Waals surface area contributed by atoms with Crippen LogP contribution in [0.2, 0.25) is 0 Å². The number of hydrogen-bond acceptors (Lipinski definition) is 4. The Bertz CT molecular complexity index is 325. The molecule has 0 aromatic heterocycles. The van der Waals surface area contributed by atoms with Crippen molar-refractivity contribution in [2.75, 3.05) is 6.54 Å². The van der Waals surface area contributed by atoms with Crippen LogP contribution in [-0.4, -0.2) is 23.8 Å². The average Bonchev–Trinajstić information content (AvgIpc) is 2.24. The molecule has 14 heavy (non-hydrogen) atoms. The maximum Gasteiger partial charge on any atom is 0.109 e. The van der Waals surface area contributed by atoms with Gasteiger partial charge in [0, 0.05) is 11.4 Å². The lowest BCUT2D eigenvalue weighted by molar-refractivity contribution is 1.01. The Labute approximate surface area is 83.9 Å². The molecule has 1 unspecified atom stereocenters. The average molecular weight is 192 g/mol. The van der Waals surface area contributed by atoms with Gasteiger partial charge in [0.25, 0.3) is 0 Å². The second-order valence-corrected chi connectivity index (χ2v) is 3.47. The van der Waals surface area contributed by atoms with E-state index in [1.807, 2.05) is 6.92 Å². The Kier molecular flexibility index (Phi) is 3.17. The molecule has 76 valence electrons. The van der Waals surface area contributed by atoms with Crippen molar-refractivity contribution in [2.45, 2.75) is 20.3 Å². The summed E-state index contributed by atoms with van der Waals surface area (Å²) in [5.74, 6) is -0.0266. The van der Waals surface area contributed by atoms with Crippen LogP contribution in [0.1, 0.15) is 20.3 Å². The number of hydrogen-bond donors (Lipinski definition) is 3. The highest BCUT2D eigenvalue weighted by atomic mass is 14.9. The van der Waals surface area contributed by atoms with Gasteiger partial charge in [0.1, 0.15) is 5.84 Å². The third-order valence-corrected chi connectivity index (χ3v) is 2.32. The van der Waals surface area contributed by atoms with E-state index in [0.717, 1.165) is 12.0 Å². The van der Waals surface area contributed by atoms with Crippen molar-refractivity contribution in [2.24, 2.45) is 16.6 Å². The SMILES string of the molecule is CCC1=CC(=N)C(C(C)=N)C(N)=NC1. The minimum Gasteiger partial charge on any atom is -0.387 e. The minimum absolute atomic E-state index is 0.379. The molecule has 0 saturated heterocycles. The van der Waals surface area contributed by atoms with Crippen molar-refractivity contribution in [1.29, 1.82) is 10.8 Å². The van der Waals surface area contributed by atoms with Gasteiger partial charge in [0.2, 0.25) is 0 Å². The van der Waals surface area contributed by atoms with Crippen LogP contribution in [0.15, 0.2) is 16.6 Å². The highest BCUT2D eigenvalue weighted by molar-refractivity contribution is 6.24. The van der Waals surface area contributed by atoms with Crippen molar-refractivity contribution in [1.82, 2.24) is 0 Å². The third kappa shape index (κ3) is 2.07. The van der Waals surface area contributed by atoms with Gasteiger partial charge in [-0.05, 0) is 25.0 Å². The summed E-state index contributed by atoms with van der Waals surface area (Å²) in [4.78, 5) is 4.17. The van der Waals surface area contributed by atoms with Crippen LogP contribution in [0.5, 0.6) is 0 Å². The van der Waals surface area contributed by atoms with E-state index in [0.29, 0.717) is 23.8 Å². The summed E-state index contributed by atoms with van der Waals surface area (Å²) >= 11 is 0. The van der Waals surface area contributed by atoms with E-state index in [9.17, 15) is 0 Å². The fourth-order valence-electron chi connectivity index (χ4n) is 1.46. The first-order chi connectivity index (χ1) is 6.56. The highest BCUT2D eigenvalue weighted by Crippen LogP contribution is 2.12. The van der Waals surface area contributed by atoms with Crippen molar-refractivity contribution in [3.05, 3.63) is 11.6 Å². The first-order valence-corrected chi connectivity index (χ1v) is 4.69. The van der Waals surface area contributed by atoms with Crippen LogP contribution in [0.25, 0.3) is 0 Å². The molecule has 4 nitrogen and oxygen atoms in total. The monoisotopic (exact) mass is 192 g/mol. The van der Waals surface area contributed by atoms with E-state index in [1.54, 1.807) is 13.0 Å². The quantitative estimate of drug-likeness (QED) is 0.567. The number of amidine groups is 1. The summed E-state index contributed by atoms with van der Waals surface area (Å²) < 4.78 is 0. The van der Waals surface area contributed by atoms with Gasteiger partial charge in [0.05, 0.1) is 12.5 Å². The molecule has 4 heteroatoms. The van der Waals surface area contributed by atoms with Gasteiger partial charge in [-0.3, -0.25) is 4.99 Å². The topological polar surface area (TPSA) is 86.1 Å². The number of nitrogens with two attached hydrogens (primary N) is 1.